The van der Waals surface area contributed by atoms with Crippen LogP contribution in [0.4, 0.5) is 0 Å². The molecule has 0 fully saturated rings. The van der Waals surface area contributed by atoms with E-state index in [0.29, 0.717) is 33.9 Å². The van der Waals surface area contributed by atoms with Crippen molar-refractivity contribution in [2.75, 3.05) is 0 Å². The van der Waals surface area contributed by atoms with Crippen LogP contribution < -0.4 is 0 Å². The molecule has 96 valence electrons. The van der Waals surface area contributed by atoms with E-state index in [0.717, 1.165) is 0 Å². The monoisotopic (exact) mass is 294 g/mol. The van der Waals surface area contributed by atoms with Gasteiger partial charge >= 0.3 is 0 Å². The van der Waals surface area contributed by atoms with E-state index < -0.39 is 0 Å². The summed E-state index contributed by atoms with van der Waals surface area (Å²) in [6.45, 7) is 0.470. The Labute approximate surface area is 118 Å². The Hall–Kier alpha value is -1.85. The van der Waals surface area contributed by atoms with E-state index in [1.54, 1.807) is 30.7 Å². The van der Waals surface area contributed by atoms with Crippen LogP contribution in [-0.4, -0.2) is 19.7 Å². The smallest absolute Gasteiger partial charge is 0.249 e. The topological polar surface area (TPSA) is 56.7 Å². The first-order valence-corrected chi connectivity index (χ1v) is 6.21. The van der Waals surface area contributed by atoms with Gasteiger partial charge in [-0.15, -0.1) is 10.2 Å². The maximum absolute atomic E-state index is 6.09. The molecule has 0 aliphatic heterocycles. The molecule has 1 aromatic carbocycles. The minimum absolute atomic E-state index is 0.372. The van der Waals surface area contributed by atoms with Crippen molar-refractivity contribution in [3.8, 4) is 11.5 Å². The van der Waals surface area contributed by atoms with Gasteiger partial charge in [-0.2, -0.15) is 0 Å². The number of rotatable bonds is 3. The normalized spacial score (nSPS) is 10.8. The number of hydrogen-bond acceptors (Lipinski definition) is 4. The van der Waals surface area contributed by atoms with Crippen LogP contribution in [0, 0.1) is 0 Å². The quantitative estimate of drug-likeness (QED) is 0.744. The highest BCUT2D eigenvalue weighted by molar-refractivity contribution is 6.36. The summed E-state index contributed by atoms with van der Waals surface area (Å²) in [5.74, 6) is 0.857. The van der Waals surface area contributed by atoms with E-state index in [9.17, 15) is 0 Å². The Morgan fingerprint density at radius 1 is 1.21 bits per heavy atom. The zero-order valence-electron chi connectivity index (χ0n) is 9.62. The van der Waals surface area contributed by atoms with Crippen molar-refractivity contribution < 1.29 is 4.42 Å². The lowest BCUT2D eigenvalue weighted by Crippen LogP contribution is -1.96. The maximum Gasteiger partial charge on any atom is 0.249 e. The van der Waals surface area contributed by atoms with Crippen molar-refractivity contribution in [3.63, 3.8) is 0 Å². The Morgan fingerprint density at radius 3 is 2.84 bits per heavy atom. The Bertz CT molecular complexity index is 694. The van der Waals surface area contributed by atoms with Crippen LogP contribution in [0.5, 0.6) is 0 Å². The van der Waals surface area contributed by atoms with Gasteiger partial charge in [0.1, 0.15) is 6.54 Å². The molecule has 0 saturated carbocycles. The molecular formula is C12H8Cl2N4O. The van der Waals surface area contributed by atoms with Crippen LogP contribution in [0.3, 0.4) is 0 Å². The van der Waals surface area contributed by atoms with Gasteiger partial charge in [0.15, 0.2) is 0 Å². The fourth-order valence-corrected chi connectivity index (χ4v) is 2.12. The molecule has 0 radical (unpaired) electrons. The van der Waals surface area contributed by atoms with Gasteiger partial charge in [-0.05, 0) is 18.2 Å². The van der Waals surface area contributed by atoms with Gasteiger partial charge in [-0.25, -0.2) is 4.98 Å². The average molecular weight is 295 g/mol. The molecule has 0 unspecified atom stereocenters. The molecule has 5 nitrogen and oxygen atoms in total. The van der Waals surface area contributed by atoms with Crippen molar-refractivity contribution >= 4 is 23.2 Å². The number of aromatic nitrogens is 4. The molecule has 0 atom stereocenters. The minimum atomic E-state index is 0.372. The first-order chi connectivity index (χ1) is 9.22. The maximum atomic E-state index is 6.09. The molecule has 0 spiro atoms. The Kier molecular flexibility index (Phi) is 3.23. The summed E-state index contributed by atoms with van der Waals surface area (Å²) < 4.78 is 7.40. The fourth-order valence-electron chi connectivity index (χ4n) is 1.63. The van der Waals surface area contributed by atoms with Crippen molar-refractivity contribution in [3.05, 3.63) is 52.9 Å². The first kappa shape index (κ1) is 12.2. The van der Waals surface area contributed by atoms with Crippen LogP contribution in [0.2, 0.25) is 10.0 Å². The van der Waals surface area contributed by atoms with E-state index in [-0.39, 0.29) is 0 Å². The summed E-state index contributed by atoms with van der Waals surface area (Å²) >= 11 is 11.9. The minimum Gasteiger partial charge on any atom is -0.419 e. The fraction of sp³-hybridized carbons (Fsp3) is 0.0833. The van der Waals surface area contributed by atoms with Crippen molar-refractivity contribution in [2.24, 2.45) is 0 Å². The molecule has 2 heterocycles. The van der Waals surface area contributed by atoms with E-state index in [2.05, 4.69) is 15.2 Å². The number of nitrogens with zero attached hydrogens (tertiary/aromatic N) is 4. The lowest BCUT2D eigenvalue weighted by atomic mass is 10.2. The number of imidazole rings is 1. The second-order valence-corrected chi connectivity index (χ2v) is 4.70. The van der Waals surface area contributed by atoms with Crippen molar-refractivity contribution in [2.45, 2.75) is 6.54 Å². The molecule has 0 aliphatic carbocycles. The summed E-state index contributed by atoms with van der Waals surface area (Å²) in [7, 11) is 0. The lowest BCUT2D eigenvalue weighted by Gasteiger charge is -1.99. The van der Waals surface area contributed by atoms with Gasteiger partial charge in [0.05, 0.1) is 16.9 Å². The van der Waals surface area contributed by atoms with Crippen LogP contribution in [0.25, 0.3) is 11.5 Å². The number of halogens is 2. The average Bonchev–Trinajstić information content (AvgIpc) is 3.01. The highest BCUT2D eigenvalue weighted by atomic mass is 35.5. The summed E-state index contributed by atoms with van der Waals surface area (Å²) in [4.78, 5) is 3.94. The predicted molar refractivity (Wildman–Crippen MR) is 71.1 cm³/mol. The Balaban J connectivity index is 1.88. The third-order valence-electron chi connectivity index (χ3n) is 2.51. The van der Waals surface area contributed by atoms with E-state index >= 15 is 0 Å². The van der Waals surface area contributed by atoms with Gasteiger partial charge in [0, 0.05) is 17.4 Å². The molecule has 0 N–H and O–H groups in total. The molecule has 0 aliphatic rings. The molecule has 0 bridgehead atoms. The summed E-state index contributed by atoms with van der Waals surface area (Å²) in [6.07, 6.45) is 5.19. The van der Waals surface area contributed by atoms with Crippen LogP contribution in [-0.2, 0) is 6.54 Å². The van der Waals surface area contributed by atoms with Crippen LogP contribution in [0.15, 0.2) is 41.3 Å². The molecular weight excluding hydrogens is 287 g/mol. The van der Waals surface area contributed by atoms with Crippen LogP contribution in [0.1, 0.15) is 5.89 Å². The third-order valence-corrected chi connectivity index (χ3v) is 3.05. The zero-order valence-corrected chi connectivity index (χ0v) is 11.1. The van der Waals surface area contributed by atoms with Gasteiger partial charge in [0.25, 0.3) is 0 Å². The van der Waals surface area contributed by atoms with Crippen molar-refractivity contribution in [1.29, 1.82) is 0 Å². The molecule has 7 heteroatoms. The highest BCUT2D eigenvalue weighted by Gasteiger charge is 2.12. The van der Waals surface area contributed by atoms with E-state index in [1.165, 1.54) is 0 Å². The third kappa shape index (κ3) is 2.62. The molecule has 0 amide bonds. The van der Waals surface area contributed by atoms with Gasteiger partial charge < -0.3 is 8.98 Å². The van der Waals surface area contributed by atoms with Crippen LogP contribution >= 0.6 is 23.2 Å². The number of benzene rings is 1. The Morgan fingerprint density at radius 2 is 2.11 bits per heavy atom. The highest BCUT2D eigenvalue weighted by Crippen LogP contribution is 2.29. The molecule has 19 heavy (non-hydrogen) atoms. The second kappa shape index (κ2) is 5.03. The van der Waals surface area contributed by atoms with Gasteiger partial charge in [-0.1, -0.05) is 23.2 Å². The lowest BCUT2D eigenvalue weighted by molar-refractivity contribution is 0.488. The summed E-state index contributed by atoms with van der Waals surface area (Å²) in [5, 5.41) is 8.99. The molecule has 0 saturated heterocycles. The predicted octanol–water partition coefficient (Wildman–Crippen LogP) is 3.29. The SMILES string of the molecule is Clc1ccc(-c2nnc(Cn3ccnc3)o2)c(Cl)c1. The zero-order chi connectivity index (χ0) is 13.2. The molecule has 3 aromatic rings. The van der Waals surface area contributed by atoms with Gasteiger partial charge in [-0.3, -0.25) is 0 Å². The van der Waals surface area contributed by atoms with Gasteiger partial charge in [0.2, 0.25) is 11.8 Å². The van der Waals surface area contributed by atoms with E-state index in [1.807, 2.05) is 10.8 Å². The largest absolute Gasteiger partial charge is 0.419 e. The molecule has 2 aromatic heterocycles. The summed E-state index contributed by atoms with van der Waals surface area (Å²) in [5.41, 5.74) is 0.662. The standard InChI is InChI=1S/C12H8Cl2N4O/c13-8-1-2-9(10(14)5-8)12-17-16-11(19-12)6-18-4-3-15-7-18/h1-5,7H,6H2. The second-order valence-electron chi connectivity index (χ2n) is 3.86. The molecule has 3 rings (SSSR count). The number of hydrogen-bond donors (Lipinski definition) is 0. The van der Waals surface area contributed by atoms with E-state index in [4.69, 9.17) is 27.6 Å². The first-order valence-electron chi connectivity index (χ1n) is 5.46. The summed E-state index contributed by atoms with van der Waals surface area (Å²) in [6, 6.07) is 5.11. The van der Waals surface area contributed by atoms with Crippen molar-refractivity contribution in [1.82, 2.24) is 19.7 Å².